The van der Waals surface area contributed by atoms with Crippen LogP contribution in [-0.2, 0) is 18.4 Å². The summed E-state index contributed by atoms with van der Waals surface area (Å²) in [6.07, 6.45) is -0.843. The van der Waals surface area contributed by atoms with E-state index >= 15 is 0 Å². The zero-order valence-electron chi connectivity index (χ0n) is 12.9. The lowest BCUT2D eigenvalue weighted by Crippen LogP contribution is -2.26. The summed E-state index contributed by atoms with van der Waals surface area (Å²) < 4.78 is 43.2. The molecule has 0 spiro atoms. The van der Waals surface area contributed by atoms with Gasteiger partial charge in [-0.25, -0.2) is 4.98 Å². The average molecular weight is 339 g/mol. The Balaban J connectivity index is 1.63. The van der Waals surface area contributed by atoms with E-state index in [1.54, 1.807) is 29.1 Å². The first-order chi connectivity index (χ1) is 11.3. The van der Waals surface area contributed by atoms with E-state index in [4.69, 9.17) is 0 Å². The first-order valence-corrected chi connectivity index (χ1v) is 7.44. The molecule has 1 fully saturated rings. The summed E-state index contributed by atoms with van der Waals surface area (Å²) in [4.78, 5) is 16.3. The molecule has 1 heterocycles. The third kappa shape index (κ3) is 3.69. The number of aryl methyl sites for hydroxylation is 1. The van der Waals surface area contributed by atoms with Gasteiger partial charge in [-0.1, -0.05) is 18.2 Å². The monoisotopic (exact) mass is 339 g/mol. The standard InChI is InChI=1S/C16H16F3N3O2/c1-22-7-6-20-14(22)9-21-15(23)12-8-11(12)10-4-2-3-5-13(10)24-16(17,18)19/h2-7,11-12H,8-9H2,1H3,(H,21,23). The maximum atomic E-state index is 12.5. The van der Waals surface area contributed by atoms with Crippen molar-refractivity contribution in [1.29, 1.82) is 0 Å². The van der Waals surface area contributed by atoms with Crippen LogP contribution < -0.4 is 10.1 Å². The Kier molecular flexibility index (Phi) is 4.21. The fourth-order valence-electron chi connectivity index (χ4n) is 2.70. The summed E-state index contributed by atoms with van der Waals surface area (Å²) in [5, 5.41) is 2.77. The number of imidazole rings is 1. The van der Waals surface area contributed by atoms with Crippen molar-refractivity contribution in [2.24, 2.45) is 13.0 Å². The van der Waals surface area contributed by atoms with E-state index in [9.17, 15) is 18.0 Å². The van der Waals surface area contributed by atoms with Crippen molar-refractivity contribution in [2.75, 3.05) is 0 Å². The smallest absolute Gasteiger partial charge is 0.405 e. The molecule has 5 nitrogen and oxygen atoms in total. The van der Waals surface area contributed by atoms with Gasteiger partial charge in [0.15, 0.2) is 0 Å². The first kappa shape index (κ1) is 16.4. The summed E-state index contributed by atoms with van der Waals surface area (Å²) in [5.41, 5.74) is 0.409. The molecule has 1 aromatic heterocycles. The van der Waals surface area contributed by atoms with Crippen LogP contribution in [0.1, 0.15) is 23.7 Å². The fraction of sp³-hybridized carbons (Fsp3) is 0.375. The molecule has 1 aliphatic carbocycles. The highest BCUT2D eigenvalue weighted by Gasteiger charge is 2.46. The molecule has 0 saturated heterocycles. The molecule has 128 valence electrons. The lowest BCUT2D eigenvalue weighted by Gasteiger charge is -2.13. The van der Waals surface area contributed by atoms with Crippen LogP contribution in [0.2, 0.25) is 0 Å². The highest BCUT2D eigenvalue weighted by atomic mass is 19.4. The van der Waals surface area contributed by atoms with Crippen molar-refractivity contribution >= 4 is 5.91 Å². The Morgan fingerprint density at radius 1 is 1.42 bits per heavy atom. The Morgan fingerprint density at radius 3 is 2.83 bits per heavy atom. The number of aromatic nitrogens is 2. The second kappa shape index (κ2) is 6.18. The molecule has 2 unspecified atom stereocenters. The van der Waals surface area contributed by atoms with E-state index in [2.05, 4.69) is 15.0 Å². The summed E-state index contributed by atoms with van der Waals surface area (Å²) >= 11 is 0. The number of nitrogens with one attached hydrogen (secondary N) is 1. The number of amides is 1. The maximum Gasteiger partial charge on any atom is 0.573 e. The van der Waals surface area contributed by atoms with Crippen molar-refractivity contribution in [2.45, 2.75) is 25.2 Å². The van der Waals surface area contributed by atoms with E-state index in [0.717, 1.165) is 0 Å². The second-order valence-corrected chi connectivity index (χ2v) is 5.71. The van der Waals surface area contributed by atoms with E-state index in [1.165, 1.54) is 12.1 Å². The van der Waals surface area contributed by atoms with Crippen LogP contribution in [0.15, 0.2) is 36.7 Å². The number of benzene rings is 1. The summed E-state index contributed by atoms with van der Waals surface area (Å²) in [7, 11) is 1.82. The SMILES string of the molecule is Cn1ccnc1CNC(=O)C1CC1c1ccccc1OC(F)(F)F. The Labute approximate surface area is 136 Å². The predicted octanol–water partition coefficient (Wildman–Crippen LogP) is 2.74. The van der Waals surface area contributed by atoms with Crippen molar-refractivity contribution < 1.29 is 22.7 Å². The molecular formula is C16H16F3N3O2. The van der Waals surface area contributed by atoms with E-state index in [0.29, 0.717) is 17.8 Å². The lowest BCUT2D eigenvalue weighted by atomic mass is 10.1. The van der Waals surface area contributed by atoms with Crippen molar-refractivity contribution in [3.63, 3.8) is 0 Å². The minimum atomic E-state index is -4.75. The van der Waals surface area contributed by atoms with Gasteiger partial charge in [-0.05, 0) is 24.0 Å². The van der Waals surface area contributed by atoms with Gasteiger partial charge in [0.2, 0.25) is 5.91 Å². The zero-order chi connectivity index (χ0) is 17.3. The molecule has 1 aromatic carbocycles. The highest BCUT2D eigenvalue weighted by molar-refractivity contribution is 5.83. The molecule has 1 N–H and O–H groups in total. The number of para-hydroxylation sites is 1. The molecule has 0 aliphatic heterocycles. The van der Waals surface area contributed by atoms with Crippen LogP contribution in [0.4, 0.5) is 13.2 Å². The van der Waals surface area contributed by atoms with Gasteiger partial charge < -0.3 is 14.6 Å². The molecule has 1 amide bonds. The van der Waals surface area contributed by atoms with Crippen molar-refractivity contribution in [1.82, 2.24) is 14.9 Å². The average Bonchev–Trinajstić information content (AvgIpc) is 3.20. The molecule has 0 radical (unpaired) electrons. The Bertz CT molecular complexity index is 742. The summed E-state index contributed by atoms with van der Waals surface area (Å²) in [6.45, 7) is 0.284. The Hall–Kier alpha value is -2.51. The topological polar surface area (TPSA) is 56.2 Å². The van der Waals surface area contributed by atoms with E-state index < -0.39 is 6.36 Å². The zero-order valence-corrected chi connectivity index (χ0v) is 12.9. The van der Waals surface area contributed by atoms with Crippen LogP contribution in [-0.4, -0.2) is 21.8 Å². The number of carbonyl (C=O) groups is 1. The first-order valence-electron chi connectivity index (χ1n) is 7.44. The van der Waals surface area contributed by atoms with Gasteiger partial charge in [0.05, 0.1) is 6.54 Å². The number of alkyl halides is 3. The van der Waals surface area contributed by atoms with Crippen molar-refractivity contribution in [3.8, 4) is 5.75 Å². The fourth-order valence-corrected chi connectivity index (χ4v) is 2.70. The van der Waals surface area contributed by atoms with Gasteiger partial charge in [0.25, 0.3) is 0 Å². The minimum absolute atomic E-state index is 0.190. The molecule has 8 heteroatoms. The minimum Gasteiger partial charge on any atom is -0.405 e. The number of hydrogen-bond acceptors (Lipinski definition) is 3. The molecule has 1 aliphatic rings. The molecule has 24 heavy (non-hydrogen) atoms. The number of hydrogen-bond donors (Lipinski definition) is 1. The van der Waals surface area contributed by atoms with Crippen LogP contribution >= 0.6 is 0 Å². The number of ether oxygens (including phenoxy) is 1. The highest BCUT2D eigenvalue weighted by Crippen LogP contribution is 2.51. The number of halogens is 3. The van der Waals surface area contributed by atoms with Gasteiger partial charge in [0.1, 0.15) is 11.6 Å². The van der Waals surface area contributed by atoms with Gasteiger partial charge in [-0.3, -0.25) is 4.79 Å². The van der Waals surface area contributed by atoms with Gasteiger partial charge >= 0.3 is 6.36 Å². The third-order valence-electron chi connectivity index (χ3n) is 4.01. The molecule has 1 saturated carbocycles. The van der Waals surface area contributed by atoms with Gasteiger partial charge in [-0.2, -0.15) is 0 Å². The molecule has 0 bridgehead atoms. The second-order valence-electron chi connectivity index (χ2n) is 5.71. The largest absolute Gasteiger partial charge is 0.573 e. The van der Waals surface area contributed by atoms with Crippen LogP contribution in [0.3, 0.4) is 0 Å². The Morgan fingerprint density at radius 2 is 2.17 bits per heavy atom. The van der Waals surface area contributed by atoms with E-state index in [1.807, 2.05) is 7.05 Å². The van der Waals surface area contributed by atoms with Gasteiger partial charge in [-0.15, -0.1) is 13.2 Å². The number of carbonyl (C=O) groups excluding carboxylic acids is 1. The summed E-state index contributed by atoms with van der Waals surface area (Å²) in [6, 6.07) is 5.95. The maximum absolute atomic E-state index is 12.5. The van der Waals surface area contributed by atoms with Crippen LogP contribution in [0, 0.1) is 5.92 Å². The molecule has 2 atom stereocenters. The normalized spacial score (nSPS) is 19.8. The lowest BCUT2D eigenvalue weighted by molar-refractivity contribution is -0.274. The summed E-state index contributed by atoms with van der Waals surface area (Å²) in [5.74, 6) is -0.325. The number of rotatable bonds is 5. The van der Waals surface area contributed by atoms with E-state index in [-0.39, 0.29) is 30.0 Å². The molecule has 3 rings (SSSR count). The predicted molar refractivity (Wildman–Crippen MR) is 79.0 cm³/mol. The molecular weight excluding hydrogens is 323 g/mol. The van der Waals surface area contributed by atoms with Crippen molar-refractivity contribution in [3.05, 3.63) is 48.0 Å². The van der Waals surface area contributed by atoms with Crippen LogP contribution in [0.25, 0.3) is 0 Å². The quantitative estimate of drug-likeness (QED) is 0.911. The molecule has 2 aromatic rings. The number of nitrogens with zero attached hydrogens (tertiary/aromatic N) is 2. The van der Waals surface area contributed by atoms with Crippen LogP contribution in [0.5, 0.6) is 5.75 Å². The van der Waals surface area contributed by atoms with Gasteiger partial charge in [0, 0.05) is 25.4 Å². The third-order valence-corrected chi connectivity index (χ3v) is 4.01.